The summed E-state index contributed by atoms with van der Waals surface area (Å²) in [4.78, 5) is 45.5. The van der Waals surface area contributed by atoms with E-state index in [-0.39, 0.29) is 18.0 Å². The third-order valence-corrected chi connectivity index (χ3v) is 3.63. The van der Waals surface area contributed by atoms with Gasteiger partial charge in [0.15, 0.2) is 0 Å². The number of carbonyl (C=O) groups is 3. The van der Waals surface area contributed by atoms with Gasteiger partial charge in [0.2, 0.25) is 5.91 Å². The number of nitrogens with one attached hydrogen (secondary N) is 2. The highest BCUT2D eigenvalue weighted by Crippen LogP contribution is 2.17. The van der Waals surface area contributed by atoms with Crippen molar-refractivity contribution >= 4 is 23.7 Å². The second-order valence-corrected chi connectivity index (χ2v) is 5.87. The molecule has 0 spiro atoms. The lowest BCUT2D eigenvalue weighted by atomic mass is 10.2. The van der Waals surface area contributed by atoms with Gasteiger partial charge in [-0.3, -0.25) is 14.9 Å². The Labute approximate surface area is 166 Å². The van der Waals surface area contributed by atoms with E-state index in [1.807, 2.05) is 18.2 Å². The van der Waals surface area contributed by atoms with Gasteiger partial charge in [-0.1, -0.05) is 30.3 Å². The van der Waals surface area contributed by atoms with Gasteiger partial charge in [-0.05, 0) is 24.6 Å². The predicted octanol–water partition coefficient (Wildman–Crippen LogP) is 1.93. The average molecular weight is 401 g/mol. The molecule has 2 amide bonds. The highest BCUT2D eigenvalue weighted by molar-refractivity contribution is 5.88. The molecule has 1 atom stereocenters. The quantitative estimate of drug-likeness (QED) is 0.298. The molecule has 0 aliphatic heterocycles. The summed E-state index contributed by atoms with van der Waals surface area (Å²) in [7, 11) is 0. The first kappa shape index (κ1) is 21.4. The van der Waals surface area contributed by atoms with E-state index in [1.165, 1.54) is 31.2 Å². The number of nitro benzene ring substituents is 1. The first-order chi connectivity index (χ1) is 13.8. The Morgan fingerprint density at radius 2 is 1.72 bits per heavy atom. The van der Waals surface area contributed by atoms with E-state index in [2.05, 4.69) is 10.6 Å². The van der Waals surface area contributed by atoms with Gasteiger partial charge in [0.25, 0.3) is 5.69 Å². The summed E-state index contributed by atoms with van der Waals surface area (Å²) in [5, 5.41) is 15.2. The van der Waals surface area contributed by atoms with Crippen LogP contribution in [0.1, 0.15) is 12.5 Å². The summed E-state index contributed by atoms with van der Waals surface area (Å²) >= 11 is 0. The van der Waals surface area contributed by atoms with Gasteiger partial charge in [0, 0.05) is 12.1 Å². The fraction of sp³-hybridized carbons (Fsp3) is 0.211. The van der Waals surface area contributed by atoms with Crippen molar-refractivity contribution in [2.75, 3.05) is 6.54 Å². The highest BCUT2D eigenvalue weighted by Gasteiger charge is 2.18. The van der Waals surface area contributed by atoms with Crippen LogP contribution in [0.2, 0.25) is 0 Å². The zero-order valence-electron chi connectivity index (χ0n) is 15.5. The molecule has 10 heteroatoms. The Kier molecular flexibility index (Phi) is 7.66. The molecule has 0 radical (unpaired) electrons. The fourth-order valence-corrected chi connectivity index (χ4v) is 2.12. The molecule has 0 aromatic heterocycles. The number of hydrogen-bond acceptors (Lipinski definition) is 7. The molecule has 29 heavy (non-hydrogen) atoms. The molecule has 0 saturated heterocycles. The van der Waals surface area contributed by atoms with E-state index in [1.54, 1.807) is 12.1 Å². The molecule has 0 bridgehead atoms. The van der Waals surface area contributed by atoms with E-state index in [9.17, 15) is 24.5 Å². The van der Waals surface area contributed by atoms with Crippen LogP contribution in [-0.2, 0) is 20.9 Å². The zero-order chi connectivity index (χ0) is 21.2. The third-order valence-electron chi connectivity index (χ3n) is 3.63. The molecule has 0 fully saturated rings. The number of benzene rings is 2. The van der Waals surface area contributed by atoms with Gasteiger partial charge in [-0.25, -0.2) is 9.59 Å². The van der Waals surface area contributed by atoms with Crippen LogP contribution in [0.25, 0.3) is 0 Å². The molecule has 152 valence electrons. The standard InChI is InChI=1S/C19H19N3O7/c1-13(21-19(25)28-12-14-5-3-2-4-6-14)18(24)20-11-17(23)29-16-9-7-15(8-10-16)22(26)27/h2-10,13H,11-12H2,1H3,(H,20,24)(H,21,25)/t13-/m0/s1. The van der Waals surface area contributed by atoms with Gasteiger partial charge >= 0.3 is 12.1 Å². The van der Waals surface area contributed by atoms with Gasteiger partial charge in [-0.2, -0.15) is 0 Å². The van der Waals surface area contributed by atoms with Crippen molar-refractivity contribution in [2.24, 2.45) is 0 Å². The predicted molar refractivity (Wildman–Crippen MR) is 101 cm³/mol. The van der Waals surface area contributed by atoms with Crippen LogP contribution in [0.15, 0.2) is 54.6 Å². The maximum absolute atomic E-state index is 12.0. The van der Waals surface area contributed by atoms with Crippen LogP contribution >= 0.6 is 0 Å². The number of hydrogen-bond donors (Lipinski definition) is 2. The van der Waals surface area contributed by atoms with Crippen molar-refractivity contribution in [3.63, 3.8) is 0 Å². The van der Waals surface area contributed by atoms with Crippen LogP contribution in [0.5, 0.6) is 5.75 Å². The summed E-state index contributed by atoms with van der Waals surface area (Å²) in [5.41, 5.74) is 0.658. The van der Waals surface area contributed by atoms with Crippen molar-refractivity contribution in [3.8, 4) is 5.75 Å². The van der Waals surface area contributed by atoms with E-state index in [4.69, 9.17) is 9.47 Å². The number of ether oxygens (including phenoxy) is 2. The number of carbonyl (C=O) groups excluding carboxylic acids is 3. The fourth-order valence-electron chi connectivity index (χ4n) is 2.12. The number of alkyl carbamates (subject to hydrolysis) is 1. The number of nitrogens with zero attached hydrogens (tertiary/aromatic N) is 1. The summed E-state index contributed by atoms with van der Waals surface area (Å²) in [6.45, 7) is 1.05. The molecule has 2 N–H and O–H groups in total. The number of esters is 1. The first-order valence-electron chi connectivity index (χ1n) is 8.55. The van der Waals surface area contributed by atoms with Crippen LogP contribution in [0, 0.1) is 10.1 Å². The summed E-state index contributed by atoms with van der Waals surface area (Å²) < 4.78 is 9.97. The molecular formula is C19H19N3O7. The molecular weight excluding hydrogens is 382 g/mol. The van der Waals surface area contributed by atoms with E-state index >= 15 is 0 Å². The Balaban J connectivity index is 1.70. The molecule has 0 saturated carbocycles. The molecule has 0 heterocycles. The van der Waals surface area contributed by atoms with Crippen molar-refractivity contribution in [1.29, 1.82) is 0 Å². The molecule has 0 aliphatic rings. The lowest BCUT2D eigenvalue weighted by Crippen LogP contribution is -2.46. The van der Waals surface area contributed by atoms with Gasteiger partial charge in [0.05, 0.1) is 4.92 Å². The Morgan fingerprint density at radius 1 is 1.07 bits per heavy atom. The van der Waals surface area contributed by atoms with Crippen LogP contribution in [-0.4, -0.2) is 35.5 Å². The van der Waals surface area contributed by atoms with E-state index in [0.29, 0.717) is 0 Å². The molecule has 10 nitrogen and oxygen atoms in total. The molecule has 0 unspecified atom stereocenters. The molecule has 2 aromatic carbocycles. The second kappa shape index (κ2) is 10.4. The summed E-state index contributed by atoms with van der Waals surface area (Å²) in [5.74, 6) is -1.28. The minimum Gasteiger partial charge on any atom is -0.445 e. The minimum atomic E-state index is -0.939. The number of non-ortho nitro benzene ring substituents is 1. The second-order valence-electron chi connectivity index (χ2n) is 5.87. The first-order valence-corrected chi connectivity index (χ1v) is 8.55. The lowest BCUT2D eigenvalue weighted by molar-refractivity contribution is -0.384. The largest absolute Gasteiger partial charge is 0.445 e. The van der Waals surface area contributed by atoms with Crippen LogP contribution in [0.4, 0.5) is 10.5 Å². The topological polar surface area (TPSA) is 137 Å². The summed E-state index contributed by atoms with van der Waals surface area (Å²) in [6.07, 6.45) is -0.773. The smallest absolute Gasteiger partial charge is 0.408 e. The van der Waals surface area contributed by atoms with Gasteiger partial charge in [0.1, 0.15) is 24.9 Å². The van der Waals surface area contributed by atoms with Crippen molar-refractivity contribution < 1.29 is 28.8 Å². The van der Waals surface area contributed by atoms with Crippen molar-refractivity contribution in [3.05, 3.63) is 70.3 Å². The number of amides is 2. The Hall–Kier alpha value is -3.95. The Bertz CT molecular complexity index is 869. The van der Waals surface area contributed by atoms with Crippen LogP contribution < -0.4 is 15.4 Å². The number of nitro groups is 1. The van der Waals surface area contributed by atoms with E-state index in [0.717, 1.165) is 5.56 Å². The molecule has 2 aromatic rings. The highest BCUT2D eigenvalue weighted by atomic mass is 16.6. The zero-order valence-corrected chi connectivity index (χ0v) is 15.5. The molecule has 2 rings (SSSR count). The van der Waals surface area contributed by atoms with Crippen LogP contribution in [0.3, 0.4) is 0 Å². The maximum Gasteiger partial charge on any atom is 0.408 e. The maximum atomic E-state index is 12.0. The van der Waals surface area contributed by atoms with E-state index < -0.39 is 35.5 Å². The molecule has 0 aliphatic carbocycles. The lowest BCUT2D eigenvalue weighted by Gasteiger charge is -2.14. The monoisotopic (exact) mass is 401 g/mol. The normalized spacial score (nSPS) is 11.1. The summed E-state index contributed by atoms with van der Waals surface area (Å²) in [6, 6.07) is 13.0. The Morgan fingerprint density at radius 3 is 2.34 bits per heavy atom. The third kappa shape index (κ3) is 7.29. The van der Waals surface area contributed by atoms with Crippen molar-refractivity contribution in [2.45, 2.75) is 19.6 Å². The average Bonchev–Trinajstić information content (AvgIpc) is 2.71. The SMILES string of the molecule is C[C@H](NC(=O)OCc1ccccc1)C(=O)NCC(=O)Oc1ccc([N+](=O)[O-])cc1. The minimum absolute atomic E-state index is 0.0581. The number of rotatable bonds is 8. The van der Waals surface area contributed by atoms with Gasteiger partial charge in [-0.15, -0.1) is 0 Å². The van der Waals surface area contributed by atoms with Gasteiger partial charge < -0.3 is 20.1 Å². The van der Waals surface area contributed by atoms with Crippen molar-refractivity contribution in [1.82, 2.24) is 10.6 Å².